The number of halogens is 1. The molecule has 3 rings (SSSR count). The Morgan fingerprint density at radius 3 is 2.35 bits per heavy atom. The Balaban J connectivity index is 1.78. The number of aromatic nitrogens is 3. The van der Waals surface area contributed by atoms with Crippen molar-refractivity contribution in [1.29, 1.82) is 0 Å². The molecule has 1 heterocycles. The molecular formula is C18H15FN4O3. The summed E-state index contributed by atoms with van der Waals surface area (Å²) in [6.45, 7) is 1.69. The molecule has 0 spiro atoms. The summed E-state index contributed by atoms with van der Waals surface area (Å²) >= 11 is 0. The van der Waals surface area contributed by atoms with E-state index in [1.807, 2.05) is 0 Å². The number of nitrogens with one attached hydrogen (secondary N) is 1. The number of nitrogens with zero attached hydrogens (tertiary/aromatic N) is 3. The Labute approximate surface area is 148 Å². The first-order chi connectivity index (χ1) is 12.5. The normalized spacial score (nSPS) is 10.4. The molecule has 0 atom stereocenters. The predicted octanol–water partition coefficient (Wildman–Crippen LogP) is 2.75. The molecule has 1 N–H and O–H groups in total. The number of carbonyl (C=O) groups excluding carboxylic acids is 2. The lowest BCUT2D eigenvalue weighted by Crippen LogP contribution is -2.14. The van der Waals surface area contributed by atoms with Gasteiger partial charge in [-0.2, -0.15) is 0 Å². The van der Waals surface area contributed by atoms with Gasteiger partial charge in [-0.3, -0.25) is 4.79 Å². The number of ether oxygens (including phenoxy) is 1. The summed E-state index contributed by atoms with van der Waals surface area (Å²) in [6, 6.07) is 12.0. The molecular weight excluding hydrogens is 339 g/mol. The molecule has 0 bridgehead atoms. The maximum atomic E-state index is 13.0. The van der Waals surface area contributed by atoms with Crippen molar-refractivity contribution in [3.8, 4) is 5.69 Å². The number of rotatable bonds is 4. The monoisotopic (exact) mass is 354 g/mol. The van der Waals surface area contributed by atoms with Crippen LogP contribution in [0.5, 0.6) is 0 Å². The van der Waals surface area contributed by atoms with E-state index < -0.39 is 11.9 Å². The number of benzene rings is 2. The smallest absolute Gasteiger partial charge is 0.337 e. The highest BCUT2D eigenvalue weighted by Gasteiger charge is 2.17. The molecule has 0 unspecified atom stereocenters. The Bertz CT molecular complexity index is 950. The Morgan fingerprint density at radius 1 is 1.08 bits per heavy atom. The molecule has 26 heavy (non-hydrogen) atoms. The van der Waals surface area contributed by atoms with Gasteiger partial charge < -0.3 is 10.1 Å². The van der Waals surface area contributed by atoms with Crippen LogP contribution >= 0.6 is 0 Å². The summed E-state index contributed by atoms with van der Waals surface area (Å²) in [5, 5.41) is 10.5. The zero-order valence-corrected chi connectivity index (χ0v) is 14.1. The van der Waals surface area contributed by atoms with Gasteiger partial charge in [0.15, 0.2) is 5.69 Å². The van der Waals surface area contributed by atoms with Gasteiger partial charge in [-0.15, -0.1) is 5.10 Å². The van der Waals surface area contributed by atoms with Gasteiger partial charge in [-0.05, 0) is 55.5 Å². The molecule has 1 aromatic heterocycles. The van der Waals surface area contributed by atoms with Crippen LogP contribution in [0.25, 0.3) is 5.69 Å². The highest BCUT2D eigenvalue weighted by atomic mass is 19.1. The summed E-state index contributed by atoms with van der Waals surface area (Å²) in [5.74, 6) is -1.26. The topological polar surface area (TPSA) is 86.1 Å². The molecule has 8 heteroatoms. The molecule has 132 valence electrons. The van der Waals surface area contributed by atoms with E-state index in [-0.39, 0.29) is 11.5 Å². The van der Waals surface area contributed by atoms with Crippen LogP contribution in [0.3, 0.4) is 0 Å². The minimum absolute atomic E-state index is 0.145. The Kier molecular flexibility index (Phi) is 4.74. The van der Waals surface area contributed by atoms with E-state index in [1.54, 1.807) is 43.3 Å². The fourth-order valence-electron chi connectivity index (χ4n) is 2.36. The molecule has 0 aliphatic heterocycles. The van der Waals surface area contributed by atoms with Crippen molar-refractivity contribution in [3.63, 3.8) is 0 Å². The summed E-state index contributed by atoms with van der Waals surface area (Å²) < 4.78 is 19.1. The lowest BCUT2D eigenvalue weighted by molar-refractivity contribution is 0.0600. The van der Waals surface area contributed by atoms with Crippen molar-refractivity contribution in [3.05, 3.63) is 71.3 Å². The second kappa shape index (κ2) is 7.14. The highest BCUT2D eigenvalue weighted by molar-refractivity contribution is 6.03. The quantitative estimate of drug-likeness (QED) is 0.728. The molecule has 0 saturated heterocycles. The maximum absolute atomic E-state index is 13.0. The van der Waals surface area contributed by atoms with Gasteiger partial charge >= 0.3 is 5.97 Å². The number of hydrogen-bond acceptors (Lipinski definition) is 5. The minimum Gasteiger partial charge on any atom is -0.465 e. The molecule has 0 aliphatic rings. The van der Waals surface area contributed by atoms with Gasteiger partial charge in [0.2, 0.25) is 0 Å². The molecule has 0 radical (unpaired) electrons. The van der Waals surface area contributed by atoms with E-state index >= 15 is 0 Å². The lowest BCUT2D eigenvalue weighted by Gasteiger charge is -2.06. The van der Waals surface area contributed by atoms with E-state index in [0.717, 1.165) is 0 Å². The second-order valence-electron chi connectivity index (χ2n) is 5.43. The fraction of sp³-hybridized carbons (Fsp3) is 0.111. The summed E-state index contributed by atoms with van der Waals surface area (Å²) in [6.07, 6.45) is 0. The van der Waals surface area contributed by atoms with Crippen LogP contribution < -0.4 is 5.32 Å². The first kappa shape index (κ1) is 17.3. The average Bonchev–Trinajstić information content (AvgIpc) is 3.04. The van der Waals surface area contributed by atoms with E-state index in [2.05, 4.69) is 20.4 Å². The second-order valence-corrected chi connectivity index (χ2v) is 5.43. The van der Waals surface area contributed by atoms with E-state index in [1.165, 1.54) is 23.9 Å². The van der Waals surface area contributed by atoms with Crippen molar-refractivity contribution < 1.29 is 18.7 Å². The third kappa shape index (κ3) is 3.44. The third-order valence-corrected chi connectivity index (χ3v) is 3.74. The van der Waals surface area contributed by atoms with Crippen LogP contribution in [0.2, 0.25) is 0 Å². The molecule has 2 aromatic carbocycles. The molecule has 0 aliphatic carbocycles. The zero-order valence-electron chi connectivity index (χ0n) is 14.1. The van der Waals surface area contributed by atoms with Gasteiger partial charge in [0.1, 0.15) is 5.82 Å². The van der Waals surface area contributed by atoms with Gasteiger partial charge in [0, 0.05) is 5.69 Å². The van der Waals surface area contributed by atoms with E-state index in [9.17, 15) is 14.0 Å². The first-order valence-electron chi connectivity index (χ1n) is 7.67. The number of amides is 1. The summed E-state index contributed by atoms with van der Waals surface area (Å²) in [5.41, 5.74) is 2.13. The van der Waals surface area contributed by atoms with Crippen LogP contribution in [-0.2, 0) is 4.74 Å². The SMILES string of the molecule is COC(=O)c1ccc(NC(=O)c2nnn(-c3ccc(F)cc3)c2C)cc1. The highest BCUT2D eigenvalue weighted by Crippen LogP contribution is 2.15. The molecule has 1 amide bonds. The average molecular weight is 354 g/mol. The maximum Gasteiger partial charge on any atom is 0.337 e. The van der Waals surface area contributed by atoms with Gasteiger partial charge in [-0.25, -0.2) is 13.9 Å². The molecule has 3 aromatic rings. The summed E-state index contributed by atoms with van der Waals surface area (Å²) in [4.78, 5) is 23.8. The molecule has 0 saturated carbocycles. The largest absolute Gasteiger partial charge is 0.465 e. The minimum atomic E-state index is -0.457. The molecule has 7 nitrogen and oxygen atoms in total. The number of anilines is 1. The number of methoxy groups -OCH3 is 1. The third-order valence-electron chi connectivity index (χ3n) is 3.74. The number of esters is 1. The van der Waals surface area contributed by atoms with Crippen molar-refractivity contribution in [2.45, 2.75) is 6.92 Å². The van der Waals surface area contributed by atoms with E-state index in [4.69, 9.17) is 0 Å². The standard InChI is InChI=1S/C18H15FN4O3/c1-11-16(21-22-23(11)15-9-5-13(19)6-10-15)17(24)20-14-7-3-12(4-8-14)18(25)26-2/h3-10H,1-2H3,(H,20,24). The van der Waals surface area contributed by atoms with Gasteiger partial charge in [-0.1, -0.05) is 5.21 Å². The fourth-order valence-corrected chi connectivity index (χ4v) is 2.36. The van der Waals surface area contributed by atoms with Crippen LogP contribution in [0.15, 0.2) is 48.5 Å². The van der Waals surface area contributed by atoms with Crippen LogP contribution in [-0.4, -0.2) is 34.0 Å². The predicted molar refractivity (Wildman–Crippen MR) is 91.8 cm³/mol. The Morgan fingerprint density at radius 2 is 1.73 bits per heavy atom. The van der Waals surface area contributed by atoms with Gasteiger partial charge in [0.05, 0.1) is 24.1 Å². The van der Waals surface area contributed by atoms with Crippen molar-refractivity contribution in [1.82, 2.24) is 15.0 Å². The van der Waals surface area contributed by atoms with Crippen LogP contribution in [0.4, 0.5) is 10.1 Å². The van der Waals surface area contributed by atoms with Crippen LogP contribution in [0, 0.1) is 12.7 Å². The number of carbonyl (C=O) groups is 2. The zero-order chi connectivity index (χ0) is 18.7. The van der Waals surface area contributed by atoms with E-state index in [0.29, 0.717) is 22.6 Å². The molecule has 0 fully saturated rings. The van der Waals surface area contributed by atoms with Crippen molar-refractivity contribution in [2.24, 2.45) is 0 Å². The Hall–Kier alpha value is -3.55. The van der Waals surface area contributed by atoms with Crippen molar-refractivity contribution in [2.75, 3.05) is 12.4 Å². The summed E-state index contributed by atoms with van der Waals surface area (Å²) in [7, 11) is 1.30. The van der Waals surface area contributed by atoms with Gasteiger partial charge in [0.25, 0.3) is 5.91 Å². The van der Waals surface area contributed by atoms with Crippen molar-refractivity contribution >= 4 is 17.6 Å². The first-order valence-corrected chi connectivity index (χ1v) is 7.67. The van der Waals surface area contributed by atoms with Crippen LogP contribution in [0.1, 0.15) is 26.5 Å². The lowest BCUT2D eigenvalue weighted by atomic mass is 10.2. The number of hydrogen-bond donors (Lipinski definition) is 1.